The van der Waals surface area contributed by atoms with Crippen molar-refractivity contribution in [3.8, 4) is 0 Å². The minimum absolute atomic E-state index is 0.0584. The molecule has 4 nitrogen and oxygen atoms in total. The van der Waals surface area contributed by atoms with Gasteiger partial charge in [-0.25, -0.2) is 4.39 Å². The van der Waals surface area contributed by atoms with Crippen LogP contribution in [0, 0.1) is 17.7 Å². The SMILES string of the molecule is O=C(c1ccc(F)cc1)C1CCN(CCCC2Cc3ccccc3C3(C2)OCCO3)CC1. The molecular formula is C27H32FNO3. The van der Waals surface area contributed by atoms with Gasteiger partial charge in [0.2, 0.25) is 0 Å². The van der Waals surface area contributed by atoms with E-state index in [1.165, 1.54) is 23.3 Å². The molecule has 2 aliphatic heterocycles. The van der Waals surface area contributed by atoms with E-state index < -0.39 is 5.79 Å². The standard InChI is InChI=1S/C27H32FNO3/c28-24-9-7-21(8-10-24)26(30)22-11-14-29(15-12-22)13-3-4-20-18-23-5-1-2-6-25(23)27(19-20)31-16-17-32-27/h1-2,5-10,20,22H,3-4,11-19H2. The Labute approximate surface area is 189 Å². The first-order valence-corrected chi connectivity index (χ1v) is 12.0. The zero-order valence-corrected chi connectivity index (χ0v) is 18.6. The van der Waals surface area contributed by atoms with Gasteiger partial charge in [0.15, 0.2) is 11.6 Å². The molecule has 3 aliphatic rings. The van der Waals surface area contributed by atoms with Crippen molar-refractivity contribution in [2.45, 2.75) is 44.3 Å². The van der Waals surface area contributed by atoms with Crippen molar-refractivity contribution < 1.29 is 18.7 Å². The maximum absolute atomic E-state index is 13.1. The van der Waals surface area contributed by atoms with Crippen LogP contribution in [0.2, 0.25) is 0 Å². The lowest BCUT2D eigenvalue weighted by molar-refractivity contribution is -0.184. The van der Waals surface area contributed by atoms with Crippen LogP contribution in [0.15, 0.2) is 48.5 Å². The molecule has 2 aromatic rings. The van der Waals surface area contributed by atoms with Crippen LogP contribution in [-0.2, 0) is 21.7 Å². The van der Waals surface area contributed by atoms with E-state index in [2.05, 4.69) is 29.2 Å². The molecule has 170 valence electrons. The second-order valence-corrected chi connectivity index (χ2v) is 9.51. The van der Waals surface area contributed by atoms with Crippen molar-refractivity contribution in [2.75, 3.05) is 32.8 Å². The molecule has 1 spiro atoms. The molecule has 0 amide bonds. The summed E-state index contributed by atoms with van der Waals surface area (Å²) in [4.78, 5) is 15.2. The Kier molecular flexibility index (Phi) is 6.40. The monoisotopic (exact) mass is 437 g/mol. The van der Waals surface area contributed by atoms with Gasteiger partial charge in [0.05, 0.1) is 13.2 Å². The maximum atomic E-state index is 13.1. The molecule has 0 radical (unpaired) electrons. The topological polar surface area (TPSA) is 38.8 Å². The van der Waals surface area contributed by atoms with E-state index in [4.69, 9.17) is 9.47 Å². The summed E-state index contributed by atoms with van der Waals surface area (Å²) in [5.74, 6) is -0.0377. The number of Topliss-reactive ketones (excluding diaryl/α,β-unsaturated/α-hetero) is 1. The zero-order valence-electron chi connectivity index (χ0n) is 18.6. The number of rotatable bonds is 6. The van der Waals surface area contributed by atoms with E-state index >= 15 is 0 Å². The van der Waals surface area contributed by atoms with Crippen LogP contribution in [0.1, 0.15) is 53.6 Å². The highest BCUT2D eigenvalue weighted by Gasteiger charge is 2.44. The second-order valence-electron chi connectivity index (χ2n) is 9.51. The molecule has 2 fully saturated rings. The average Bonchev–Trinajstić information content (AvgIpc) is 3.28. The highest BCUT2D eigenvalue weighted by molar-refractivity contribution is 5.97. The molecule has 5 rings (SSSR count). The second kappa shape index (κ2) is 9.42. The third-order valence-corrected chi connectivity index (χ3v) is 7.42. The van der Waals surface area contributed by atoms with Crippen molar-refractivity contribution >= 4 is 5.78 Å². The average molecular weight is 438 g/mol. The predicted octanol–water partition coefficient (Wildman–Crippen LogP) is 4.96. The number of halogens is 1. The van der Waals surface area contributed by atoms with Gasteiger partial charge in [-0.1, -0.05) is 24.3 Å². The zero-order chi connectivity index (χ0) is 22.0. The summed E-state index contributed by atoms with van der Waals surface area (Å²) in [6.07, 6.45) is 6.13. The largest absolute Gasteiger partial charge is 0.343 e. The van der Waals surface area contributed by atoms with Crippen LogP contribution < -0.4 is 0 Å². The Balaban J connectivity index is 1.10. The van der Waals surface area contributed by atoms with Crippen molar-refractivity contribution in [1.82, 2.24) is 4.90 Å². The highest BCUT2D eigenvalue weighted by Crippen LogP contribution is 2.45. The summed E-state index contributed by atoms with van der Waals surface area (Å²) in [7, 11) is 0. The summed E-state index contributed by atoms with van der Waals surface area (Å²) < 4.78 is 25.4. The van der Waals surface area contributed by atoms with Crippen LogP contribution >= 0.6 is 0 Å². The Hall–Kier alpha value is -2.08. The van der Waals surface area contributed by atoms with Gasteiger partial charge in [0.25, 0.3) is 0 Å². The highest BCUT2D eigenvalue weighted by atomic mass is 19.1. The Bertz CT molecular complexity index is 930. The number of benzene rings is 2. The van der Waals surface area contributed by atoms with Crippen molar-refractivity contribution in [3.05, 3.63) is 71.0 Å². The molecule has 1 unspecified atom stereocenters. The summed E-state index contributed by atoms with van der Waals surface area (Å²) in [6, 6.07) is 14.5. The van der Waals surface area contributed by atoms with Crippen molar-refractivity contribution in [1.29, 1.82) is 0 Å². The van der Waals surface area contributed by atoms with Gasteiger partial charge in [0.1, 0.15) is 5.82 Å². The lowest BCUT2D eigenvalue weighted by atomic mass is 9.78. The lowest BCUT2D eigenvalue weighted by Gasteiger charge is -2.38. The molecule has 2 saturated heterocycles. The number of carbonyl (C=O) groups excluding carboxylic acids is 1. The quantitative estimate of drug-likeness (QED) is 0.599. The molecule has 32 heavy (non-hydrogen) atoms. The fraction of sp³-hybridized carbons (Fsp3) is 0.519. The normalized spacial score (nSPS) is 23.3. The van der Waals surface area contributed by atoms with Crippen molar-refractivity contribution in [2.24, 2.45) is 11.8 Å². The number of ketones is 1. The van der Waals surface area contributed by atoms with Crippen molar-refractivity contribution in [3.63, 3.8) is 0 Å². The smallest absolute Gasteiger partial charge is 0.195 e. The predicted molar refractivity (Wildman–Crippen MR) is 121 cm³/mol. The third kappa shape index (κ3) is 4.52. The molecule has 0 saturated carbocycles. The fourth-order valence-electron chi connectivity index (χ4n) is 5.75. The van der Waals surface area contributed by atoms with Gasteiger partial charge < -0.3 is 14.4 Å². The van der Waals surface area contributed by atoms with Gasteiger partial charge in [-0.3, -0.25) is 4.79 Å². The summed E-state index contributed by atoms with van der Waals surface area (Å²) in [5, 5.41) is 0. The van der Waals surface area contributed by atoms with E-state index in [9.17, 15) is 9.18 Å². The first-order chi connectivity index (χ1) is 15.6. The minimum atomic E-state index is -0.529. The van der Waals surface area contributed by atoms with E-state index in [1.54, 1.807) is 12.1 Å². The number of carbonyl (C=O) groups is 1. The van der Waals surface area contributed by atoms with E-state index in [0.717, 1.165) is 58.2 Å². The lowest BCUT2D eigenvalue weighted by Crippen LogP contribution is -2.38. The summed E-state index contributed by atoms with van der Waals surface area (Å²) in [5.41, 5.74) is 3.22. The molecule has 0 bridgehead atoms. The molecule has 1 atom stereocenters. The number of piperidine rings is 1. The van der Waals surface area contributed by atoms with E-state index in [1.807, 2.05) is 0 Å². The molecular weight excluding hydrogens is 405 g/mol. The van der Waals surface area contributed by atoms with Crippen LogP contribution in [0.25, 0.3) is 0 Å². The number of likely N-dealkylation sites (tertiary alicyclic amines) is 1. The number of hydrogen-bond acceptors (Lipinski definition) is 4. The number of ether oxygens (including phenoxy) is 2. The minimum Gasteiger partial charge on any atom is -0.343 e. The van der Waals surface area contributed by atoms with Gasteiger partial charge >= 0.3 is 0 Å². The van der Waals surface area contributed by atoms with Gasteiger partial charge in [-0.05, 0) is 87.5 Å². The molecule has 0 N–H and O–H groups in total. The molecule has 2 aromatic carbocycles. The molecule has 0 aromatic heterocycles. The molecule has 2 heterocycles. The Morgan fingerprint density at radius 2 is 1.75 bits per heavy atom. The van der Waals surface area contributed by atoms with Crippen LogP contribution in [0.5, 0.6) is 0 Å². The Morgan fingerprint density at radius 3 is 2.50 bits per heavy atom. The first kappa shape index (κ1) is 21.7. The van der Waals surface area contributed by atoms with Gasteiger partial charge in [0, 0.05) is 23.5 Å². The number of nitrogens with zero attached hydrogens (tertiary/aromatic N) is 1. The Morgan fingerprint density at radius 1 is 1.03 bits per heavy atom. The molecule has 5 heteroatoms. The maximum Gasteiger partial charge on any atom is 0.195 e. The molecule has 1 aliphatic carbocycles. The van der Waals surface area contributed by atoms with E-state index in [0.29, 0.717) is 24.7 Å². The number of fused-ring (bicyclic) bond motifs is 2. The van der Waals surface area contributed by atoms with E-state index in [-0.39, 0.29) is 17.5 Å². The summed E-state index contributed by atoms with van der Waals surface area (Å²) >= 11 is 0. The van der Waals surface area contributed by atoms with Crippen LogP contribution in [0.4, 0.5) is 4.39 Å². The first-order valence-electron chi connectivity index (χ1n) is 12.0. The summed E-state index contributed by atoms with van der Waals surface area (Å²) in [6.45, 7) is 4.34. The third-order valence-electron chi connectivity index (χ3n) is 7.42. The fourth-order valence-corrected chi connectivity index (χ4v) is 5.75. The van der Waals surface area contributed by atoms with Gasteiger partial charge in [-0.2, -0.15) is 0 Å². The van der Waals surface area contributed by atoms with Gasteiger partial charge in [-0.15, -0.1) is 0 Å². The van der Waals surface area contributed by atoms with Crippen LogP contribution in [-0.4, -0.2) is 43.5 Å². The number of hydrogen-bond donors (Lipinski definition) is 0. The van der Waals surface area contributed by atoms with Crippen LogP contribution in [0.3, 0.4) is 0 Å².